The highest BCUT2D eigenvalue weighted by atomic mass is 79.9. The lowest BCUT2D eigenvalue weighted by Gasteiger charge is -2.09. The first-order chi connectivity index (χ1) is 11.0. The average molecular weight is 375 g/mol. The first-order valence-electron chi connectivity index (χ1n) is 6.88. The fourth-order valence-electron chi connectivity index (χ4n) is 2.29. The zero-order valence-electron chi connectivity index (χ0n) is 11.9. The van der Waals surface area contributed by atoms with Crippen molar-refractivity contribution in [1.29, 1.82) is 0 Å². The highest BCUT2D eigenvalue weighted by molar-refractivity contribution is 9.10. The second-order valence-electron chi connectivity index (χ2n) is 5.01. The Morgan fingerprint density at radius 2 is 1.96 bits per heavy atom. The van der Waals surface area contributed by atoms with Crippen molar-refractivity contribution in [2.24, 2.45) is 0 Å². The van der Waals surface area contributed by atoms with Crippen molar-refractivity contribution >= 4 is 38.3 Å². The molecule has 0 bridgehead atoms. The number of carbonyl (C=O) groups excluding carboxylic acids is 1. The summed E-state index contributed by atoms with van der Waals surface area (Å²) in [6, 6.07) is 13.3. The molecule has 23 heavy (non-hydrogen) atoms. The van der Waals surface area contributed by atoms with Crippen LogP contribution in [0.3, 0.4) is 0 Å². The molecule has 6 heteroatoms. The minimum absolute atomic E-state index is 0.0760. The van der Waals surface area contributed by atoms with Gasteiger partial charge in [0.25, 0.3) is 5.56 Å². The molecule has 0 fully saturated rings. The van der Waals surface area contributed by atoms with E-state index in [2.05, 4.69) is 21.2 Å². The monoisotopic (exact) mass is 374 g/mol. The summed E-state index contributed by atoms with van der Waals surface area (Å²) in [6.07, 6.45) is 1.56. The number of pyridine rings is 1. The zero-order valence-corrected chi connectivity index (χ0v) is 13.5. The van der Waals surface area contributed by atoms with Crippen molar-refractivity contribution in [3.05, 3.63) is 75.4 Å². The normalized spacial score (nSPS) is 10.7. The smallest absolute Gasteiger partial charge is 0.258 e. The van der Waals surface area contributed by atoms with E-state index in [1.807, 2.05) is 12.1 Å². The molecule has 116 valence electrons. The number of anilines is 1. The summed E-state index contributed by atoms with van der Waals surface area (Å²) in [4.78, 5) is 24.4. The van der Waals surface area contributed by atoms with E-state index in [1.54, 1.807) is 30.5 Å². The van der Waals surface area contributed by atoms with Crippen LogP contribution in [0.1, 0.15) is 0 Å². The number of carbonyl (C=O) groups is 1. The minimum Gasteiger partial charge on any atom is -0.322 e. The van der Waals surface area contributed by atoms with Crippen LogP contribution in [-0.4, -0.2) is 10.5 Å². The highest BCUT2D eigenvalue weighted by Gasteiger charge is 2.10. The second-order valence-corrected chi connectivity index (χ2v) is 5.92. The molecule has 3 aromatic rings. The van der Waals surface area contributed by atoms with Crippen molar-refractivity contribution in [1.82, 2.24) is 4.57 Å². The Morgan fingerprint density at radius 1 is 1.17 bits per heavy atom. The fraction of sp³-hybridized carbons (Fsp3) is 0.0588. The number of fused-ring (bicyclic) bond motifs is 1. The van der Waals surface area contributed by atoms with Gasteiger partial charge in [0.15, 0.2) is 0 Å². The van der Waals surface area contributed by atoms with E-state index in [4.69, 9.17) is 0 Å². The Bertz CT molecular complexity index is 953. The van der Waals surface area contributed by atoms with Crippen LogP contribution in [0.25, 0.3) is 10.8 Å². The summed E-state index contributed by atoms with van der Waals surface area (Å²) in [7, 11) is 0. The summed E-state index contributed by atoms with van der Waals surface area (Å²) in [5, 5.41) is 3.82. The first-order valence-corrected chi connectivity index (χ1v) is 7.67. The molecule has 0 aliphatic rings. The Balaban J connectivity index is 1.83. The third kappa shape index (κ3) is 3.32. The van der Waals surface area contributed by atoms with E-state index in [0.29, 0.717) is 9.86 Å². The third-order valence-electron chi connectivity index (χ3n) is 3.41. The highest BCUT2D eigenvalue weighted by Crippen LogP contribution is 2.19. The molecule has 0 saturated heterocycles. The third-order valence-corrected chi connectivity index (χ3v) is 3.90. The van der Waals surface area contributed by atoms with Crippen LogP contribution in [0.5, 0.6) is 0 Å². The first kappa shape index (κ1) is 15.4. The maximum atomic E-state index is 13.7. The fourth-order valence-corrected chi connectivity index (χ4v) is 2.62. The van der Waals surface area contributed by atoms with Crippen molar-refractivity contribution < 1.29 is 9.18 Å². The minimum atomic E-state index is -0.543. The number of nitrogens with one attached hydrogen (secondary N) is 1. The molecule has 0 aliphatic carbocycles. The Hall–Kier alpha value is -2.47. The molecular formula is C17H12BrFN2O2. The lowest BCUT2D eigenvalue weighted by molar-refractivity contribution is -0.116. The van der Waals surface area contributed by atoms with Crippen molar-refractivity contribution in [3.8, 4) is 0 Å². The molecule has 0 aliphatic heterocycles. The maximum absolute atomic E-state index is 13.7. The molecule has 1 aromatic heterocycles. The van der Waals surface area contributed by atoms with Gasteiger partial charge in [0, 0.05) is 16.1 Å². The Labute approximate surface area is 139 Å². The summed E-state index contributed by atoms with van der Waals surface area (Å²) in [5.74, 6) is -1.01. The molecule has 0 spiro atoms. The van der Waals surface area contributed by atoms with Gasteiger partial charge >= 0.3 is 0 Å². The van der Waals surface area contributed by atoms with Gasteiger partial charge in [0.2, 0.25) is 5.91 Å². The Morgan fingerprint density at radius 3 is 2.74 bits per heavy atom. The molecule has 0 saturated carbocycles. The van der Waals surface area contributed by atoms with Gasteiger partial charge in [-0.25, -0.2) is 4.39 Å². The van der Waals surface area contributed by atoms with Gasteiger partial charge < -0.3 is 9.88 Å². The topological polar surface area (TPSA) is 51.1 Å². The predicted octanol–water partition coefficient (Wildman–Crippen LogP) is 3.54. The van der Waals surface area contributed by atoms with E-state index >= 15 is 0 Å². The summed E-state index contributed by atoms with van der Waals surface area (Å²) < 4.78 is 15.6. The second kappa shape index (κ2) is 6.34. The van der Waals surface area contributed by atoms with Crippen LogP contribution in [-0.2, 0) is 11.3 Å². The van der Waals surface area contributed by atoms with Gasteiger partial charge in [-0.1, -0.05) is 34.1 Å². The van der Waals surface area contributed by atoms with Crippen LogP contribution in [0.4, 0.5) is 10.1 Å². The molecule has 4 nitrogen and oxygen atoms in total. The van der Waals surface area contributed by atoms with Crippen molar-refractivity contribution in [2.45, 2.75) is 6.54 Å². The van der Waals surface area contributed by atoms with E-state index < -0.39 is 11.7 Å². The number of hydrogen-bond acceptors (Lipinski definition) is 2. The van der Waals surface area contributed by atoms with Gasteiger partial charge in [0.1, 0.15) is 12.4 Å². The predicted molar refractivity (Wildman–Crippen MR) is 90.9 cm³/mol. The molecule has 0 unspecified atom stereocenters. The Kier molecular flexibility index (Phi) is 4.25. The van der Waals surface area contributed by atoms with Gasteiger partial charge in [-0.3, -0.25) is 9.59 Å². The van der Waals surface area contributed by atoms with Gasteiger partial charge in [-0.05, 0) is 35.7 Å². The van der Waals surface area contributed by atoms with Crippen molar-refractivity contribution in [3.63, 3.8) is 0 Å². The van der Waals surface area contributed by atoms with Crippen molar-refractivity contribution in [2.75, 3.05) is 5.32 Å². The van der Waals surface area contributed by atoms with E-state index in [0.717, 1.165) is 5.39 Å². The molecular weight excluding hydrogens is 363 g/mol. The summed E-state index contributed by atoms with van der Waals surface area (Å²) in [6.45, 7) is -0.181. The van der Waals surface area contributed by atoms with Crippen LogP contribution in [0, 0.1) is 5.82 Å². The van der Waals surface area contributed by atoms with E-state index in [-0.39, 0.29) is 17.8 Å². The lowest BCUT2D eigenvalue weighted by Crippen LogP contribution is -2.27. The van der Waals surface area contributed by atoms with Crippen LogP contribution in [0.2, 0.25) is 0 Å². The number of benzene rings is 2. The molecule has 1 heterocycles. The quantitative estimate of drug-likeness (QED) is 0.762. The van der Waals surface area contributed by atoms with Gasteiger partial charge in [-0.15, -0.1) is 0 Å². The number of rotatable bonds is 3. The van der Waals surface area contributed by atoms with Gasteiger partial charge in [-0.2, -0.15) is 0 Å². The molecule has 0 radical (unpaired) electrons. The number of halogens is 2. The SMILES string of the molecule is O=C(Cn1ccc2ccccc2c1=O)Nc1ccc(Br)cc1F. The molecule has 3 rings (SSSR count). The van der Waals surface area contributed by atoms with Crippen LogP contribution < -0.4 is 10.9 Å². The maximum Gasteiger partial charge on any atom is 0.258 e. The van der Waals surface area contributed by atoms with Crippen LogP contribution in [0.15, 0.2) is 64.0 Å². The number of aromatic nitrogens is 1. The van der Waals surface area contributed by atoms with E-state index in [9.17, 15) is 14.0 Å². The van der Waals surface area contributed by atoms with Crippen LogP contribution >= 0.6 is 15.9 Å². The summed E-state index contributed by atoms with van der Waals surface area (Å²) in [5.41, 5.74) is -0.179. The molecule has 2 aromatic carbocycles. The standard InChI is InChI=1S/C17H12BrFN2O2/c18-12-5-6-15(14(19)9-12)20-16(22)10-21-8-7-11-3-1-2-4-13(11)17(21)23/h1-9H,10H2,(H,20,22). The van der Waals surface area contributed by atoms with Gasteiger partial charge in [0.05, 0.1) is 5.69 Å². The number of hydrogen-bond donors (Lipinski definition) is 1. The average Bonchev–Trinajstić information content (AvgIpc) is 2.53. The number of nitrogens with zero attached hydrogens (tertiary/aromatic N) is 1. The summed E-state index contributed by atoms with van der Waals surface area (Å²) >= 11 is 3.15. The van der Waals surface area contributed by atoms with E-state index in [1.165, 1.54) is 16.7 Å². The number of amides is 1. The molecule has 1 amide bonds. The molecule has 0 atom stereocenters. The lowest BCUT2D eigenvalue weighted by atomic mass is 10.2. The molecule has 1 N–H and O–H groups in total. The zero-order chi connectivity index (χ0) is 16.4. The largest absolute Gasteiger partial charge is 0.322 e.